The number of ether oxygens (including phenoxy) is 2. The molecule has 1 N–H and O–H groups in total. The maximum absolute atomic E-state index is 12.3. The molecule has 0 aliphatic rings. The number of aromatic amines is 1. The number of esters is 1. The van der Waals surface area contributed by atoms with Crippen LogP contribution < -0.4 is 4.74 Å². The molecule has 0 radical (unpaired) electrons. The van der Waals surface area contributed by atoms with Gasteiger partial charge in [0.05, 0.1) is 13.7 Å². The van der Waals surface area contributed by atoms with Crippen molar-refractivity contribution < 1.29 is 19.1 Å². The van der Waals surface area contributed by atoms with E-state index in [2.05, 4.69) is 9.97 Å². The maximum Gasteiger partial charge on any atom is 0.355 e. The Morgan fingerprint density at radius 2 is 1.96 bits per heavy atom. The number of allylic oxidation sites excluding steroid dienone is 1. The monoisotopic (exact) mass is 350 g/mol. The molecule has 0 saturated carbocycles. The van der Waals surface area contributed by atoms with Crippen LogP contribution in [0.4, 0.5) is 0 Å². The first-order valence-electron chi connectivity index (χ1n) is 8.13. The highest BCUT2D eigenvalue weighted by atomic mass is 16.5. The van der Waals surface area contributed by atoms with E-state index in [1.807, 2.05) is 12.1 Å². The normalized spacial score (nSPS) is 11.0. The molecule has 0 amide bonds. The number of H-pyrrole nitrogens is 1. The van der Waals surface area contributed by atoms with E-state index in [4.69, 9.17) is 9.47 Å². The average Bonchev–Trinajstić information content (AvgIpc) is 3.04. The standard InChI is InChI=1S/C20H18N2O4/c1-3-26-20(24)19-15(5-7-18(23)13-8-10-21-11-9-13)16-12-14(25-2)4-6-17(16)22-19/h4-12,22H,3H2,1-2H3/b7-5+. The van der Waals surface area contributed by atoms with Crippen LogP contribution in [-0.2, 0) is 4.74 Å². The van der Waals surface area contributed by atoms with E-state index in [1.165, 1.54) is 6.08 Å². The summed E-state index contributed by atoms with van der Waals surface area (Å²) in [6.45, 7) is 2.00. The Bertz CT molecular complexity index is 974. The quantitative estimate of drug-likeness (QED) is 0.417. The lowest BCUT2D eigenvalue weighted by Gasteiger charge is -2.02. The lowest BCUT2D eigenvalue weighted by molar-refractivity contribution is 0.0520. The first-order valence-corrected chi connectivity index (χ1v) is 8.13. The largest absolute Gasteiger partial charge is 0.497 e. The van der Waals surface area contributed by atoms with E-state index in [-0.39, 0.29) is 12.4 Å². The summed E-state index contributed by atoms with van der Waals surface area (Å²) in [4.78, 5) is 31.6. The highest BCUT2D eigenvalue weighted by molar-refractivity contribution is 6.10. The van der Waals surface area contributed by atoms with Gasteiger partial charge in [0, 0.05) is 34.4 Å². The van der Waals surface area contributed by atoms with Crippen molar-refractivity contribution in [1.29, 1.82) is 0 Å². The number of methoxy groups -OCH3 is 1. The van der Waals surface area contributed by atoms with Gasteiger partial charge in [-0.2, -0.15) is 0 Å². The van der Waals surface area contributed by atoms with Crippen LogP contribution in [-0.4, -0.2) is 35.4 Å². The number of rotatable bonds is 6. The Balaban J connectivity index is 2.06. The average molecular weight is 350 g/mol. The highest BCUT2D eigenvalue weighted by Crippen LogP contribution is 2.28. The third-order valence-electron chi connectivity index (χ3n) is 3.89. The van der Waals surface area contributed by atoms with Gasteiger partial charge in [0.1, 0.15) is 11.4 Å². The molecule has 0 bridgehead atoms. The molecule has 0 atom stereocenters. The summed E-state index contributed by atoms with van der Waals surface area (Å²) in [5.74, 6) is 0.000140. The van der Waals surface area contributed by atoms with Gasteiger partial charge < -0.3 is 14.5 Å². The second-order valence-corrected chi connectivity index (χ2v) is 5.48. The molecule has 0 spiro atoms. The van der Waals surface area contributed by atoms with Crippen molar-refractivity contribution in [3.8, 4) is 5.75 Å². The molecule has 26 heavy (non-hydrogen) atoms. The molecule has 0 fully saturated rings. The van der Waals surface area contributed by atoms with Crippen LogP contribution in [0.5, 0.6) is 5.75 Å². The van der Waals surface area contributed by atoms with Crippen molar-refractivity contribution in [2.45, 2.75) is 6.92 Å². The summed E-state index contributed by atoms with van der Waals surface area (Å²) in [5.41, 5.74) is 2.16. The predicted molar refractivity (Wildman–Crippen MR) is 98.4 cm³/mol. The Morgan fingerprint density at radius 3 is 2.65 bits per heavy atom. The van der Waals surface area contributed by atoms with Gasteiger partial charge in [-0.1, -0.05) is 0 Å². The number of aromatic nitrogens is 2. The fraction of sp³-hybridized carbons (Fsp3) is 0.150. The third-order valence-corrected chi connectivity index (χ3v) is 3.89. The SMILES string of the molecule is CCOC(=O)c1[nH]c2ccc(OC)cc2c1/C=C/C(=O)c1ccncc1. The van der Waals surface area contributed by atoms with E-state index in [0.29, 0.717) is 22.6 Å². The van der Waals surface area contributed by atoms with Gasteiger partial charge in [0.25, 0.3) is 0 Å². The summed E-state index contributed by atoms with van der Waals surface area (Å²) >= 11 is 0. The minimum atomic E-state index is -0.473. The number of carbonyl (C=O) groups is 2. The molecule has 132 valence electrons. The first kappa shape index (κ1) is 17.4. The molecule has 2 aromatic heterocycles. The topological polar surface area (TPSA) is 81.3 Å². The molecule has 0 unspecified atom stereocenters. The predicted octanol–water partition coefficient (Wildman–Crippen LogP) is 3.64. The van der Waals surface area contributed by atoms with Crippen LogP contribution in [0.15, 0.2) is 48.8 Å². The minimum absolute atomic E-state index is 0.181. The van der Waals surface area contributed by atoms with Gasteiger partial charge >= 0.3 is 5.97 Å². The molecule has 6 nitrogen and oxygen atoms in total. The zero-order valence-corrected chi connectivity index (χ0v) is 14.5. The number of nitrogens with one attached hydrogen (secondary N) is 1. The molecule has 0 saturated heterocycles. The van der Waals surface area contributed by atoms with Crippen molar-refractivity contribution >= 4 is 28.7 Å². The number of ketones is 1. The van der Waals surface area contributed by atoms with Crippen molar-refractivity contribution in [3.05, 3.63) is 65.6 Å². The second-order valence-electron chi connectivity index (χ2n) is 5.48. The van der Waals surface area contributed by atoms with E-state index in [1.54, 1.807) is 50.7 Å². The Kier molecular flexibility index (Phi) is 5.12. The van der Waals surface area contributed by atoms with Crippen molar-refractivity contribution in [1.82, 2.24) is 9.97 Å². The van der Waals surface area contributed by atoms with Crippen LogP contribution in [0, 0.1) is 0 Å². The number of fused-ring (bicyclic) bond motifs is 1. The van der Waals surface area contributed by atoms with Crippen molar-refractivity contribution in [3.63, 3.8) is 0 Å². The summed E-state index contributed by atoms with van der Waals surface area (Å²) in [6.07, 6.45) is 6.16. The molecular formula is C20H18N2O4. The molecule has 0 aliphatic carbocycles. The first-order chi connectivity index (χ1) is 12.6. The smallest absolute Gasteiger partial charge is 0.355 e. The van der Waals surface area contributed by atoms with Gasteiger partial charge in [0.15, 0.2) is 5.78 Å². The summed E-state index contributed by atoms with van der Waals surface area (Å²) in [6, 6.07) is 8.70. The third kappa shape index (κ3) is 3.49. The van der Waals surface area contributed by atoms with Crippen molar-refractivity contribution in [2.75, 3.05) is 13.7 Å². The van der Waals surface area contributed by atoms with Crippen LogP contribution in [0.3, 0.4) is 0 Å². The van der Waals surface area contributed by atoms with E-state index in [0.717, 1.165) is 10.9 Å². The van der Waals surface area contributed by atoms with Gasteiger partial charge in [-0.3, -0.25) is 9.78 Å². The number of hydrogen-bond donors (Lipinski definition) is 1. The molecule has 3 aromatic rings. The van der Waals surface area contributed by atoms with Gasteiger partial charge in [-0.25, -0.2) is 4.79 Å². The van der Waals surface area contributed by atoms with Crippen LogP contribution >= 0.6 is 0 Å². The Morgan fingerprint density at radius 1 is 1.19 bits per heavy atom. The molecule has 3 rings (SSSR count). The fourth-order valence-corrected chi connectivity index (χ4v) is 2.63. The second kappa shape index (κ2) is 7.65. The lowest BCUT2D eigenvalue weighted by atomic mass is 10.1. The Hall–Kier alpha value is -3.41. The van der Waals surface area contributed by atoms with Gasteiger partial charge in [-0.15, -0.1) is 0 Å². The molecule has 0 aliphatic heterocycles. The maximum atomic E-state index is 12.3. The Labute approximate surface area is 150 Å². The fourth-order valence-electron chi connectivity index (χ4n) is 2.63. The number of pyridine rings is 1. The number of nitrogens with zero attached hydrogens (tertiary/aromatic N) is 1. The van der Waals surface area contributed by atoms with Crippen molar-refractivity contribution in [2.24, 2.45) is 0 Å². The minimum Gasteiger partial charge on any atom is -0.497 e. The molecule has 2 heterocycles. The van der Waals surface area contributed by atoms with E-state index in [9.17, 15) is 9.59 Å². The molecule has 1 aromatic carbocycles. The van der Waals surface area contributed by atoms with E-state index < -0.39 is 5.97 Å². The van der Waals surface area contributed by atoms with Gasteiger partial charge in [-0.05, 0) is 49.4 Å². The van der Waals surface area contributed by atoms with E-state index >= 15 is 0 Å². The molecular weight excluding hydrogens is 332 g/mol. The van der Waals surface area contributed by atoms with Gasteiger partial charge in [0.2, 0.25) is 0 Å². The number of benzene rings is 1. The zero-order chi connectivity index (χ0) is 18.5. The van der Waals surface area contributed by atoms with Crippen LogP contribution in [0.1, 0.15) is 33.3 Å². The zero-order valence-electron chi connectivity index (χ0n) is 14.5. The molecule has 6 heteroatoms. The summed E-state index contributed by atoms with van der Waals surface area (Å²) < 4.78 is 10.4. The summed E-state index contributed by atoms with van der Waals surface area (Å²) in [7, 11) is 1.57. The van der Waals surface area contributed by atoms with Crippen LogP contribution in [0.25, 0.3) is 17.0 Å². The highest BCUT2D eigenvalue weighted by Gasteiger charge is 2.18. The van der Waals surface area contributed by atoms with Crippen LogP contribution in [0.2, 0.25) is 0 Å². The summed E-state index contributed by atoms with van der Waals surface area (Å²) in [5, 5.41) is 0.770. The number of carbonyl (C=O) groups excluding carboxylic acids is 2. The lowest BCUT2D eigenvalue weighted by Crippen LogP contribution is -2.06. The number of hydrogen-bond acceptors (Lipinski definition) is 5.